The molecule has 31 heavy (non-hydrogen) atoms. The molecule has 0 unspecified atom stereocenters. The molecule has 0 spiro atoms. The van der Waals surface area contributed by atoms with E-state index in [1.54, 1.807) is 6.20 Å². The maximum atomic E-state index is 6.27. The van der Waals surface area contributed by atoms with Gasteiger partial charge in [0.15, 0.2) is 11.9 Å². The number of nitrogens with zero attached hydrogens (tertiary/aromatic N) is 6. The molecule has 6 rings (SSSR count). The van der Waals surface area contributed by atoms with Gasteiger partial charge in [0.2, 0.25) is 0 Å². The Hall–Kier alpha value is -2.70. The van der Waals surface area contributed by atoms with Crippen molar-refractivity contribution in [3.63, 3.8) is 0 Å². The lowest BCUT2D eigenvalue weighted by Gasteiger charge is -2.52. The molecule has 3 saturated carbocycles. The summed E-state index contributed by atoms with van der Waals surface area (Å²) >= 11 is 0. The van der Waals surface area contributed by atoms with Crippen molar-refractivity contribution in [1.82, 2.24) is 29.8 Å². The number of rotatable bonds is 6. The molecule has 3 fully saturated rings. The second-order valence-corrected chi connectivity index (χ2v) is 9.78. The molecule has 3 aliphatic carbocycles. The summed E-state index contributed by atoms with van der Waals surface area (Å²) in [6.45, 7) is 6.45. The van der Waals surface area contributed by atoms with Crippen LogP contribution >= 0.6 is 0 Å². The van der Waals surface area contributed by atoms with Crippen LogP contribution in [0.15, 0.2) is 36.7 Å². The monoisotopic (exact) mass is 420 g/mol. The Bertz CT molecular complexity index is 1030. The fourth-order valence-electron chi connectivity index (χ4n) is 5.67. The van der Waals surface area contributed by atoms with Gasteiger partial charge in [-0.25, -0.2) is 4.68 Å². The molecule has 3 aromatic rings. The fraction of sp³-hybridized carbons (Fsp3) is 0.583. The zero-order valence-corrected chi connectivity index (χ0v) is 19.0. The molecule has 0 aliphatic heterocycles. The first-order valence-electron chi connectivity index (χ1n) is 11.5. The Labute approximate surface area is 183 Å². The fourth-order valence-corrected chi connectivity index (χ4v) is 5.67. The van der Waals surface area contributed by atoms with Gasteiger partial charge in [-0.2, -0.15) is 0 Å². The predicted octanol–water partition coefficient (Wildman–Crippen LogP) is 4.67. The van der Waals surface area contributed by atoms with Crippen LogP contribution in [0.25, 0.3) is 0 Å². The van der Waals surface area contributed by atoms with Crippen molar-refractivity contribution < 1.29 is 4.74 Å². The van der Waals surface area contributed by atoms with Gasteiger partial charge in [0.05, 0.1) is 11.7 Å². The SMILES string of the molecule is CC(C)c1cccc(O[C@@H](C)c2nnc(C34CCC(n5ccnn5)(CC3)CC4)n2C)c1. The zero-order valence-electron chi connectivity index (χ0n) is 19.0. The van der Waals surface area contributed by atoms with E-state index in [2.05, 4.69) is 70.7 Å². The molecular formula is C24H32N6O. The van der Waals surface area contributed by atoms with Gasteiger partial charge in [-0.15, -0.1) is 15.3 Å². The van der Waals surface area contributed by atoms with Gasteiger partial charge in [0.1, 0.15) is 11.6 Å². The first-order valence-corrected chi connectivity index (χ1v) is 11.5. The molecule has 0 amide bonds. The van der Waals surface area contributed by atoms with Crippen LogP contribution in [0.1, 0.15) is 88.5 Å². The highest BCUT2D eigenvalue weighted by molar-refractivity contribution is 5.30. The van der Waals surface area contributed by atoms with E-state index in [1.807, 2.05) is 12.3 Å². The third kappa shape index (κ3) is 3.34. The van der Waals surface area contributed by atoms with Crippen molar-refractivity contribution in [2.45, 2.75) is 82.3 Å². The highest BCUT2D eigenvalue weighted by atomic mass is 16.5. The minimum Gasteiger partial charge on any atom is -0.483 e. The molecule has 7 nitrogen and oxygen atoms in total. The third-order valence-electron chi connectivity index (χ3n) is 7.70. The van der Waals surface area contributed by atoms with Crippen LogP contribution in [0.4, 0.5) is 0 Å². The molecule has 0 radical (unpaired) electrons. The van der Waals surface area contributed by atoms with Crippen LogP contribution in [0.3, 0.4) is 0 Å². The summed E-state index contributed by atoms with van der Waals surface area (Å²) in [7, 11) is 2.09. The van der Waals surface area contributed by atoms with Crippen LogP contribution in [0, 0.1) is 0 Å². The maximum absolute atomic E-state index is 6.27. The van der Waals surface area contributed by atoms with Crippen LogP contribution in [0.2, 0.25) is 0 Å². The Kier molecular flexibility index (Phi) is 4.87. The second kappa shape index (κ2) is 7.46. The van der Waals surface area contributed by atoms with Crippen molar-refractivity contribution in [3.8, 4) is 5.75 Å². The van der Waals surface area contributed by atoms with Crippen molar-refractivity contribution in [2.24, 2.45) is 7.05 Å². The lowest BCUT2D eigenvalue weighted by Crippen LogP contribution is -2.50. The van der Waals surface area contributed by atoms with E-state index in [0.717, 1.165) is 55.9 Å². The standard InChI is InChI=1S/C24H32N6O/c1-17(2)19-6-5-7-20(16-19)31-18(3)21-26-27-22(29(21)4)23-8-11-24(12-9-23,13-10-23)30-15-14-25-28-30/h5-7,14-18H,8-13H2,1-4H3/t18-,23?,24?/m0/s1. The average Bonchev–Trinajstić information content (AvgIpc) is 3.46. The number of fused-ring (bicyclic) bond motifs is 3. The largest absolute Gasteiger partial charge is 0.483 e. The summed E-state index contributed by atoms with van der Waals surface area (Å²) in [6.07, 6.45) is 10.3. The van der Waals surface area contributed by atoms with Gasteiger partial charge in [-0.1, -0.05) is 31.2 Å². The maximum Gasteiger partial charge on any atom is 0.173 e. The first kappa shape index (κ1) is 20.2. The highest BCUT2D eigenvalue weighted by Crippen LogP contribution is 2.56. The van der Waals surface area contributed by atoms with E-state index in [1.165, 1.54) is 5.56 Å². The quantitative estimate of drug-likeness (QED) is 0.579. The number of hydrogen-bond acceptors (Lipinski definition) is 5. The molecule has 3 aliphatic rings. The summed E-state index contributed by atoms with van der Waals surface area (Å²) in [5.41, 5.74) is 1.53. The van der Waals surface area contributed by atoms with E-state index < -0.39 is 0 Å². The minimum atomic E-state index is -0.161. The minimum absolute atomic E-state index is 0.111. The summed E-state index contributed by atoms with van der Waals surface area (Å²) in [4.78, 5) is 0. The van der Waals surface area contributed by atoms with Crippen LogP contribution in [0.5, 0.6) is 5.75 Å². The zero-order chi connectivity index (χ0) is 21.6. The van der Waals surface area contributed by atoms with E-state index in [0.29, 0.717) is 5.92 Å². The van der Waals surface area contributed by atoms with Crippen molar-refractivity contribution in [3.05, 3.63) is 53.9 Å². The number of ether oxygens (including phenoxy) is 1. The van der Waals surface area contributed by atoms with Crippen LogP contribution in [-0.2, 0) is 18.0 Å². The van der Waals surface area contributed by atoms with Gasteiger partial charge >= 0.3 is 0 Å². The number of hydrogen-bond donors (Lipinski definition) is 0. The average molecular weight is 421 g/mol. The molecule has 2 aromatic heterocycles. The van der Waals surface area contributed by atoms with Gasteiger partial charge < -0.3 is 9.30 Å². The third-order valence-corrected chi connectivity index (χ3v) is 7.70. The summed E-state index contributed by atoms with van der Waals surface area (Å²) < 4.78 is 10.6. The van der Waals surface area contributed by atoms with Crippen LogP contribution < -0.4 is 4.74 Å². The lowest BCUT2D eigenvalue weighted by molar-refractivity contribution is 0.0319. The van der Waals surface area contributed by atoms with Gasteiger partial charge in [0.25, 0.3) is 0 Å². The first-order chi connectivity index (χ1) is 14.9. The van der Waals surface area contributed by atoms with E-state index in [9.17, 15) is 0 Å². The Morgan fingerprint density at radius 2 is 1.74 bits per heavy atom. The number of aromatic nitrogens is 6. The topological polar surface area (TPSA) is 70.7 Å². The number of benzene rings is 1. The molecular weight excluding hydrogens is 388 g/mol. The molecule has 0 saturated heterocycles. The molecule has 0 N–H and O–H groups in total. The second-order valence-electron chi connectivity index (χ2n) is 9.78. The Balaban J connectivity index is 1.34. The van der Waals surface area contributed by atoms with Crippen molar-refractivity contribution in [1.29, 1.82) is 0 Å². The van der Waals surface area contributed by atoms with E-state index >= 15 is 0 Å². The van der Waals surface area contributed by atoms with Gasteiger partial charge in [0, 0.05) is 18.7 Å². The van der Waals surface area contributed by atoms with E-state index in [-0.39, 0.29) is 17.1 Å². The van der Waals surface area contributed by atoms with Crippen LogP contribution in [-0.4, -0.2) is 29.8 Å². The van der Waals surface area contributed by atoms with Crippen molar-refractivity contribution in [2.75, 3.05) is 0 Å². The molecule has 2 bridgehead atoms. The summed E-state index contributed by atoms with van der Waals surface area (Å²) in [5, 5.41) is 17.6. The van der Waals surface area contributed by atoms with E-state index in [4.69, 9.17) is 9.84 Å². The molecule has 1 aromatic carbocycles. The molecule has 1 atom stereocenters. The smallest absolute Gasteiger partial charge is 0.173 e. The molecule has 2 heterocycles. The van der Waals surface area contributed by atoms with Gasteiger partial charge in [-0.05, 0) is 69.1 Å². The van der Waals surface area contributed by atoms with Crippen molar-refractivity contribution >= 4 is 0 Å². The Morgan fingerprint density at radius 1 is 1.00 bits per heavy atom. The summed E-state index contributed by atoms with van der Waals surface area (Å²) in [6, 6.07) is 8.35. The Morgan fingerprint density at radius 3 is 2.39 bits per heavy atom. The van der Waals surface area contributed by atoms with Gasteiger partial charge in [-0.3, -0.25) is 0 Å². The predicted molar refractivity (Wildman–Crippen MR) is 118 cm³/mol. The lowest BCUT2D eigenvalue weighted by atomic mass is 9.57. The normalized spacial score (nSPS) is 26.4. The highest BCUT2D eigenvalue weighted by Gasteiger charge is 2.53. The molecule has 7 heteroatoms. The summed E-state index contributed by atoms with van der Waals surface area (Å²) in [5.74, 6) is 3.36. The molecule has 164 valence electrons.